The summed E-state index contributed by atoms with van der Waals surface area (Å²) in [5, 5.41) is 10.5. The SMILES string of the molecule is CCC(CC)c1cc(O)c(C(CC)C2CCCCC2)c(=O)o1. The van der Waals surface area contributed by atoms with E-state index in [1.165, 1.54) is 19.3 Å². The number of rotatable bonds is 6. The molecular weight excluding hydrogens is 276 g/mol. The van der Waals surface area contributed by atoms with Crippen molar-refractivity contribution in [2.24, 2.45) is 5.92 Å². The lowest BCUT2D eigenvalue weighted by atomic mass is 9.75. The fraction of sp³-hybridized carbons (Fsp3) is 0.737. The van der Waals surface area contributed by atoms with E-state index in [9.17, 15) is 9.90 Å². The Balaban J connectivity index is 2.35. The predicted molar refractivity (Wildman–Crippen MR) is 89.6 cm³/mol. The van der Waals surface area contributed by atoms with Gasteiger partial charge in [-0.3, -0.25) is 0 Å². The average Bonchev–Trinajstić information content (AvgIpc) is 2.53. The number of hydrogen-bond donors (Lipinski definition) is 1. The molecule has 3 nitrogen and oxygen atoms in total. The Labute approximate surface area is 133 Å². The highest BCUT2D eigenvalue weighted by molar-refractivity contribution is 5.34. The monoisotopic (exact) mass is 306 g/mol. The molecule has 1 fully saturated rings. The third-order valence-corrected chi connectivity index (χ3v) is 5.40. The summed E-state index contributed by atoms with van der Waals surface area (Å²) in [7, 11) is 0. The summed E-state index contributed by atoms with van der Waals surface area (Å²) >= 11 is 0. The second-order valence-electron chi connectivity index (χ2n) is 6.66. The Morgan fingerprint density at radius 2 is 1.77 bits per heavy atom. The van der Waals surface area contributed by atoms with Crippen LogP contribution in [0.5, 0.6) is 5.75 Å². The highest BCUT2D eigenvalue weighted by Crippen LogP contribution is 2.40. The lowest BCUT2D eigenvalue weighted by Gasteiger charge is -2.29. The van der Waals surface area contributed by atoms with E-state index in [2.05, 4.69) is 20.8 Å². The summed E-state index contributed by atoms with van der Waals surface area (Å²) in [5.41, 5.74) is 0.198. The lowest BCUT2D eigenvalue weighted by molar-refractivity contribution is 0.283. The molecule has 0 amide bonds. The molecule has 1 heterocycles. The number of hydrogen-bond acceptors (Lipinski definition) is 3. The Hall–Kier alpha value is -1.25. The summed E-state index contributed by atoms with van der Waals surface area (Å²) in [5.74, 6) is 1.63. The zero-order valence-corrected chi connectivity index (χ0v) is 14.2. The van der Waals surface area contributed by atoms with Crippen molar-refractivity contribution in [3.8, 4) is 5.75 Å². The van der Waals surface area contributed by atoms with Gasteiger partial charge in [0, 0.05) is 12.0 Å². The van der Waals surface area contributed by atoms with E-state index in [4.69, 9.17) is 4.42 Å². The lowest BCUT2D eigenvalue weighted by Crippen LogP contribution is -2.22. The van der Waals surface area contributed by atoms with E-state index in [1.807, 2.05) is 0 Å². The van der Waals surface area contributed by atoms with E-state index in [0.29, 0.717) is 17.2 Å². The maximum atomic E-state index is 12.5. The van der Waals surface area contributed by atoms with Crippen LogP contribution in [0.3, 0.4) is 0 Å². The van der Waals surface area contributed by atoms with Crippen molar-refractivity contribution in [2.75, 3.05) is 0 Å². The third-order valence-electron chi connectivity index (χ3n) is 5.40. The van der Waals surface area contributed by atoms with E-state index in [0.717, 1.165) is 32.1 Å². The molecule has 1 aromatic rings. The Morgan fingerprint density at radius 1 is 1.14 bits per heavy atom. The van der Waals surface area contributed by atoms with Gasteiger partial charge in [0.15, 0.2) is 0 Å². The quantitative estimate of drug-likeness (QED) is 0.773. The molecular formula is C19H30O3. The molecule has 0 radical (unpaired) electrons. The zero-order chi connectivity index (χ0) is 16.1. The third kappa shape index (κ3) is 3.56. The molecule has 1 atom stereocenters. The summed E-state index contributed by atoms with van der Waals surface area (Å²) < 4.78 is 5.59. The summed E-state index contributed by atoms with van der Waals surface area (Å²) in [6.45, 7) is 6.26. The summed E-state index contributed by atoms with van der Waals surface area (Å²) in [6.07, 6.45) is 8.79. The van der Waals surface area contributed by atoms with Crippen LogP contribution in [0.2, 0.25) is 0 Å². The van der Waals surface area contributed by atoms with Crippen molar-refractivity contribution >= 4 is 0 Å². The topological polar surface area (TPSA) is 50.4 Å². The van der Waals surface area contributed by atoms with Crippen LogP contribution in [-0.2, 0) is 0 Å². The molecule has 0 bridgehead atoms. The molecule has 1 aromatic heterocycles. The van der Waals surface area contributed by atoms with Crippen LogP contribution in [0, 0.1) is 5.92 Å². The molecule has 124 valence electrons. The molecule has 3 heteroatoms. The maximum Gasteiger partial charge on any atom is 0.343 e. The van der Waals surface area contributed by atoms with E-state index in [1.54, 1.807) is 6.07 Å². The summed E-state index contributed by atoms with van der Waals surface area (Å²) in [4.78, 5) is 12.5. The Kier molecular flexibility index (Phi) is 6.10. The molecule has 1 aliphatic carbocycles. The van der Waals surface area contributed by atoms with Crippen molar-refractivity contribution in [1.82, 2.24) is 0 Å². The molecule has 1 N–H and O–H groups in total. The van der Waals surface area contributed by atoms with Gasteiger partial charge in [-0.25, -0.2) is 4.79 Å². The standard InChI is InChI=1S/C19H30O3/c1-4-13(5-2)17-12-16(20)18(19(21)22-17)15(6-3)14-10-8-7-9-11-14/h12-15,20H,4-11H2,1-3H3. The van der Waals surface area contributed by atoms with Gasteiger partial charge in [-0.05, 0) is 43.9 Å². The fourth-order valence-corrected chi connectivity index (χ4v) is 4.05. The van der Waals surface area contributed by atoms with Crippen molar-refractivity contribution in [2.45, 2.75) is 84.0 Å². The van der Waals surface area contributed by atoms with Gasteiger partial charge in [0.1, 0.15) is 11.5 Å². The first-order chi connectivity index (χ1) is 10.6. The Bertz CT molecular complexity index is 522. The van der Waals surface area contributed by atoms with Crippen LogP contribution in [0.1, 0.15) is 95.3 Å². The van der Waals surface area contributed by atoms with Crippen molar-refractivity contribution in [3.05, 3.63) is 27.8 Å². The molecule has 0 spiro atoms. The normalized spacial score (nSPS) is 17.8. The van der Waals surface area contributed by atoms with Gasteiger partial charge < -0.3 is 9.52 Å². The smallest absolute Gasteiger partial charge is 0.343 e. The average molecular weight is 306 g/mol. The van der Waals surface area contributed by atoms with Crippen LogP contribution in [-0.4, -0.2) is 5.11 Å². The molecule has 0 saturated heterocycles. The van der Waals surface area contributed by atoms with Crippen LogP contribution in [0.15, 0.2) is 15.3 Å². The van der Waals surface area contributed by atoms with Gasteiger partial charge in [0.25, 0.3) is 0 Å². The second-order valence-corrected chi connectivity index (χ2v) is 6.66. The van der Waals surface area contributed by atoms with Crippen LogP contribution in [0.4, 0.5) is 0 Å². The van der Waals surface area contributed by atoms with Crippen LogP contribution < -0.4 is 5.63 Å². The van der Waals surface area contributed by atoms with Crippen LogP contribution >= 0.6 is 0 Å². The van der Waals surface area contributed by atoms with Gasteiger partial charge in [0.2, 0.25) is 0 Å². The van der Waals surface area contributed by atoms with E-state index >= 15 is 0 Å². The van der Waals surface area contributed by atoms with Gasteiger partial charge in [-0.2, -0.15) is 0 Å². The molecule has 2 rings (SSSR count). The summed E-state index contributed by atoms with van der Waals surface area (Å²) in [6, 6.07) is 1.69. The molecule has 1 aliphatic rings. The highest BCUT2D eigenvalue weighted by atomic mass is 16.4. The minimum absolute atomic E-state index is 0.132. The molecule has 1 unspecified atom stereocenters. The van der Waals surface area contributed by atoms with Crippen molar-refractivity contribution in [1.29, 1.82) is 0 Å². The minimum atomic E-state index is -0.320. The van der Waals surface area contributed by atoms with E-state index in [-0.39, 0.29) is 23.2 Å². The molecule has 1 saturated carbocycles. The van der Waals surface area contributed by atoms with Crippen LogP contribution in [0.25, 0.3) is 0 Å². The first-order valence-corrected chi connectivity index (χ1v) is 8.99. The first-order valence-electron chi connectivity index (χ1n) is 8.99. The largest absolute Gasteiger partial charge is 0.507 e. The maximum absolute atomic E-state index is 12.5. The van der Waals surface area contributed by atoms with E-state index < -0.39 is 0 Å². The van der Waals surface area contributed by atoms with Gasteiger partial charge in [-0.15, -0.1) is 0 Å². The first kappa shape index (κ1) is 17.1. The molecule has 0 aromatic carbocycles. The fourth-order valence-electron chi connectivity index (χ4n) is 4.05. The van der Waals surface area contributed by atoms with Gasteiger partial charge in [0.05, 0.1) is 5.56 Å². The highest BCUT2D eigenvalue weighted by Gasteiger charge is 2.29. The molecule has 22 heavy (non-hydrogen) atoms. The second kappa shape index (κ2) is 7.85. The minimum Gasteiger partial charge on any atom is -0.507 e. The zero-order valence-electron chi connectivity index (χ0n) is 14.2. The Morgan fingerprint density at radius 3 is 2.27 bits per heavy atom. The molecule has 0 aliphatic heterocycles. The predicted octanol–water partition coefficient (Wildman–Crippen LogP) is 5.32. The van der Waals surface area contributed by atoms with Gasteiger partial charge >= 0.3 is 5.63 Å². The van der Waals surface area contributed by atoms with Crippen molar-refractivity contribution < 1.29 is 9.52 Å². The van der Waals surface area contributed by atoms with Crippen molar-refractivity contribution in [3.63, 3.8) is 0 Å². The number of aromatic hydroxyl groups is 1. The van der Waals surface area contributed by atoms with Gasteiger partial charge in [-0.1, -0.05) is 40.0 Å².